The fourth-order valence-corrected chi connectivity index (χ4v) is 2.86. The van der Waals surface area contributed by atoms with Crippen LogP contribution in [0.25, 0.3) is 0 Å². The molecular formula is C6H4BrIO2S. The van der Waals surface area contributed by atoms with Crippen molar-refractivity contribution in [1.29, 1.82) is 0 Å². The van der Waals surface area contributed by atoms with Gasteiger partial charge < -0.3 is 4.74 Å². The van der Waals surface area contributed by atoms with Crippen LogP contribution in [0, 0.1) is 3.57 Å². The highest BCUT2D eigenvalue weighted by Gasteiger charge is 2.14. The number of methoxy groups -OCH3 is 1. The fourth-order valence-electron chi connectivity index (χ4n) is 0.553. The van der Waals surface area contributed by atoms with E-state index >= 15 is 0 Å². The molecule has 0 unspecified atom stereocenters. The van der Waals surface area contributed by atoms with Gasteiger partial charge in [-0.15, -0.1) is 11.3 Å². The van der Waals surface area contributed by atoms with Crippen molar-refractivity contribution in [1.82, 2.24) is 0 Å². The first-order valence-corrected chi connectivity index (χ1v) is 5.42. The molecule has 0 saturated carbocycles. The van der Waals surface area contributed by atoms with Crippen LogP contribution in [-0.2, 0) is 4.74 Å². The zero-order valence-electron chi connectivity index (χ0n) is 5.56. The molecule has 0 spiro atoms. The van der Waals surface area contributed by atoms with Gasteiger partial charge in [0.05, 0.1) is 10.7 Å². The van der Waals surface area contributed by atoms with Crippen LogP contribution in [0.5, 0.6) is 0 Å². The molecule has 0 radical (unpaired) electrons. The highest BCUT2D eigenvalue weighted by atomic mass is 127. The van der Waals surface area contributed by atoms with Crippen LogP contribution in [0.3, 0.4) is 0 Å². The summed E-state index contributed by atoms with van der Waals surface area (Å²) >= 11 is 6.79. The second-order valence-electron chi connectivity index (χ2n) is 1.72. The summed E-state index contributed by atoms with van der Waals surface area (Å²) in [7, 11) is 1.38. The first-order chi connectivity index (χ1) is 5.16. The predicted octanol–water partition coefficient (Wildman–Crippen LogP) is 2.90. The first-order valence-electron chi connectivity index (χ1n) is 2.67. The summed E-state index contributed by atoms with van der Waals surface area (Å²) in [5.74, 6) is -0.273. The van der Waals surface area contributed by atoms with Gasteiger partial charge >= 0.3 is 5.97 Å². The monoisotopic (exact) mass is 346 g/mol. The average Bonchev–Trinajstić information content (AvgIpc) is 2.32. The van der Waals surface area contributed by atoms with Gasteiger partial charge in [0.15, 0.2) is 0 Å². The molecule has 0 fully saturated rings. The highest BCUT2D eigenvalue weighted by molar-refractivity contribution is 14.1. The molecule has 1 aromatic rings. The Morgan fingerprint density at radius 2 is 2.45 bits per heavy atom. The van der Waals surface area contributed by atoms with Gasteiger partial charge in [0.1, 0.15) is 4.88 Å². The van der Waals surface area contributed by atoms with E-state index in [1.54, 1.807) is 0 Å². The molecule has 0 saturated heterocycles. The van der Waals surface area contributed by atoms with Crippen LogP contribution in [0.2, 0.25) is 0 Å². The van der Waals surface area contributed by atoms with Gasteiger partial charge in [-0.3, -0.25) is 0 Å². The molecule has 0 atom stereocenters. The summed E-state index contributed by atoms with van der Waals surface area (Å²) in [6, 6.07) is 0. The zero-order valence-corrected chi connectivity index (χ0v) is 10.1. The maximum atomic E-state index is 11.0. The van der Waals surface area contributed by atoms with Crippen molar-refractivity contribution in [3.05, 3.63) is 18.3 Å². The molecule has 1 heterocycles. The lowest BCUT2D eigenvalue weighted by atomic mass is 10.5. The molecule has 2 nitrogen and oxygen atoms in total. The summed E-state index contributed by atoms with van der Waals surface area (Å²) in [6.45, 7) is 0. The van der Waals surface area contributed by atoms with Crippen molar-refractivity contribution >= 4 is 55.8 Å². The molecule has 0 bridgehead atoms. The first kappa shape index (κ1) is 9.47. The number of rotatable bonds is 1. The number of ether oxygens (including phenoxy) is 1. The van der Waals surface area contributed by atoms with Crippen molar-refractivity contribution in [2.45, 2.75) is 0 Å². The molecular weight excluding hydrogens is 343 g/mol. The Labute approximate surface area is 90.2 Å². The molecule has 60 valence electrons. The Morgan fingerprint density at radius 3 is 2.82 bits per heavy atom. The third-order valence-electron chi connectivity index (χ3n) is 1.06. The maximum absolute atomic E-state index is 11.0. The van der Waals surface area contributed by atoms with Crippen molar-refractivity contribution < 1.29 is 9.53 Å². The minimum absolute atomic E-state index is 0.273. The number of carbonyl (C=O) groups is 1. The molecule has 0 aliphatic rings. The predicted molar refractivity (Wildman–Crippen MR) is 56.1 cm³/mol. The lowest BCUT2D eigenvalue weighted by molar-refractivity contribution is 0.0605. The second kappa shape index (κ2) is 3.86. The lowest BCUT2D eigenvalue weighted by Gasteiger charge is -1.94. The quantitative estimate of drug-likeness (QED) is 0.577. The van der Waals surface area contributed by atoms with Crippen LogP contribution in [-0.4, -0.2) is 13.1 Å². The number of carbonyl (C=O) groups excluding carboxylic acids is 1. The average molecular weight is 347 g/mol. The molecule has 1 rings (SSSR count). The third-order valence-corrected chi connectivity index (χ3v) is 5.18. The van der Waals surface area contributed by atoms with Gasteiger partial charge in [-0.25, -0.2) is 4.79 Å². The standard InChI is InChI=1S/C6H4BrIO2S/c1-10-6(9)5-4(8)3(7)2-11-5/h2H,1H3. The third kappa shape index (κ3) is 1.94. The van der Waals surface area contributed by atoms with Gasteiger partial charge in [0, 0.05) is 9.85 Å². The molecule has 0 aliphatic carbocycles. The number of esters is 1. The van der Waals surface area contributed by atoms with Crippen LogP contribution in [0.15, 0.2) is 9.85 Å². The number of hydrogen-bond acceptors (Lipinski definition) is 3. The van der Waals surface area contributed by atoms with Crippen molar-refractivity contribution in [2.24, 2.45) is 0 Å². The molecule has 11 heavy (non-hydrogen) atoms. The van der Waals surface area contributed by atoms with Gasteiger partial charge in [-0.2, -0.15) is 0 Å². The van der Waals surface area contributed by atoms with Gasteiger partial charge in [0.2, 0.25) is 0 Å². The molecule has 1 aromatic heterocycles. The van der Waals surface area contributed by atoms with Crippen molar-refractivity contribution in [3.63, 3.8) is 0 Å². The second-order valence-corrected chi connectivity index (χ2v) is 4.53. The molecule has 5 heteroatoms. The summed E-state index contributed by atoms with van der Waals surface area (Å²) in [4.78, 5) is 11.7. The zero-order chi connectivity index (χ0) is 8.43. The SMILES string of the molecule is COC(=O)c1scc(Br)c1I. The Hall–Kier alpha value is 0.380. The number of halogens is 2. The number of hydrogen-bond donors (Lipinski definition) is 0. The van der Waals surface area contributed by atoms with Crippen LogP contribution in [0.4, 0.5) is 0 Å². The van der Waals surface area contributed by atoms with Crippen molar-refractivity contribution in [2.75, 3.05) is 7.11 Å². The normalized spacial score (nSPS) is 9.73. The van der Waals surface area contributed by atoms with E-state index in [0.29, 0.717) is 4.88 Å². The molecule has 0 N–H and O–H groups in total. The van der Waals surface area contributed by atoms with E-state index in [-0.39, 0.29) is 5.97 Å². The highest BCUT2D eigenvalue weighted by Crippen LogP contribution is 2.29. The topological polar surface area (TPSA) is 26.3 Å². The van der Waals surface area contributed by atoms with E-state index in [0.717, 1.165) is 8.04 Å². The summed E-state index contributed by atoms with van der Waals surface area (Å²) in [5.41, 5.74) is 0. The van der Waals surface area contributed by atoms with Crippen LogP contribution in [0.1, 0.15) is 9.67 Å². The summed E-state index contributed by atoms with van der Waals surface area (Å²) < 4.78 is 6.44. The summed E-state index contributed by atoms with van der Waals surface area (Å²) in [5, 5.41) is 1.87. The minimum Gasteiger partial charge on any atom is -0.465 e. The van der Waals surface area contributed by atoms with E-state index in [2.05, 4.69) is 43.3 Å². The Bertz CT molecular complexity index is 284. The molecule has 0 aromatic carbocycles. The lowest BCUT2D eigenvalue weighted by Crippen LogP contribution is -1.99. The van der Waals surface area contributed by atoms with E-state index in [4.69, 9.17) is 0 Å². The Kier molecular flexibility index (Phi) is 3.32. The largest absolute Gasteiger partial charge is 0.465 e. The van der Waals surface area contributed by atoms with Crippen molar-refractivity contribution in [3.8, 4) is 0 Å². The fraction of sp³-hybridized carbons (Fsp3) is 0.167. The van der Waals surface area contributed by atoms with E-state index in [1.165, 1.54) is 18.4 Å². The van der Waals surface area contributed by atoms with E-state index in [9.17, 15) is 4.79 Å². The van der Waals surface area contributed by atoms with Crippen LogP contribution >= 0.6 is 49.9 Å². The van der Waals surface area contributed by atoms with Gasteiger partial charge in [-0.05, 0) is 38.5 Å². The number of thiophene rings is 1. The Morgan fingerprint density at radius 1 is 1.82 bits per heavy atom. The molecule has 0 amide bonds. The van der Waals surface area contributed by atoms with E-state index in [1.807, 2.05) is 5.38 Å². The smallest absolute Gasteiger partial charge is 0.349 e. The Balaban J connectivity index is 3.04. The van der Waals surface area contributed by atoms with Gasteiger partial charge in [-0.1, -0.05) is 0 Å². The molecule has 0 aliphatic heterocycles. The maximum Gasteiger partial charge on any atom is 0.349 e. The van der Waals surface area contributed by atoms with E-state index < -0.39 is 0 Å². The minimum atomic E-state index is -0.273. The van der Waals surface area contributed by atoms with Crippen LogP contribution < -0.4 is 0 Å². The summed E-state index contributed by atoms with van der Waals surface area (Å²) in [6.07, 6.45) is 0. The van der Waals surface area contributed by atoms with Gasteiger partial charge in [0.25, 0.3) is 0 Å².